The molecule has 0 aliphatic heterocycles. The molecule has 0 spiro atoms. The van der Waals surface area contributed by atoms with Crippen molar-refractivity contribution >= 4 is 16.6 Å². The molecular weight excluding hydrogens is 267 g/mol. The number of nitrogens with one attached hydrogen (secondary N) is 1. The van der Waals surface area contributed by atoms with Crippen molar-refractivity contribution in [1.29, 1.82) is 0 Å². The molecule has 0 unspecified atom stereocenters. The number of nitrogen functional groups attached to an aromatic ring is 1. The summed E-state index contributed by atoms with van der Waals surface area (Å²) < 4.78 is 39.2. The van der Waals surface area contributed by atoms with E-state index in [2.05, 4.69) is 10.2 Å². The third-order valence-corrected chi connectivity index (χ3v) is 3.11. The number of aromatic amines is 1. The Balaban J connectivity index is 2.33. The Morgan fingerprint density at radius 2 is 1.75 bits per heavy atom. The lowest BCUT2D eigenvalue weighted by atomic mass is 10.0. The van der Waals surface area contributed by atoms with Gasteiger partial charge in [-0.05, 0) is 18.2 Å². The van der Waals surface area contributed by atoms with E-state index in [1.807, 2.05) is 0 Å². The van der Waals surface area contributed by atoms with E-state index in [1.54, 1.807) is 24.3 Å². The Bertz CT molecular complexity index is 775. The molecule has 6 heteroatoms. The summed E-state index contributed by atoms with van der Waals surface area (Å²) >= 11 is 0. The maximum absolute atomic E-state index is 13.1. The van der Waals surface area contributed by atoms with E-state index >= 15 is 0 Å². The van der Waals surface area contributed by atoms with Crippen LogP contribution in [0.15, 0.2) is 42.5 Å². The molecule has 0 saturated heterocycles. The number of hydrogen-bond donors (Lipinski definition) is 2. The Hall–Kier alpha value is -2.50. The van der Waals surface area contributed by atoms with E-state index in [4.69, 9.17) is 5.73 Å². The molecule has 0 atom stereocenters. The van der Waals surface area contributed by atoms with Crippen LogP contribution in [0.4, 0.5) is 18.9 Å². The number of halogens is 3. The lowest BCUT2D eigenvalue weighted by Gasteiger charge is -2.11. The number of nitrogens with two attached hydrogens (primary N) is 1. The first-order chi connectivity index (χ1) is 9.48. The predicted octanol–water partition coefficient (Wildman–Crippen LogP) is 3.83. The number of H-pyrrole nitrogens is 1. The van der Waals surface area contributed by atoms with E-state index in [0.717, 1.165) is 6.07 Å². The first-order valence-corrected chi connectivity index (χ1v) is 5.87. The van der Waals surface area contributed by atoms with E-state index < -0.39 is 11.7 Å². The summed E-state index contributed by atoms with van der Waals surface area (Å²) in [5.41, 5.74) is 6.36. The van der Waals surface area contributed by atoms with Crippen LogP contribution in [0.2, 0.25) is 0 Å². The molecule has 0 aliphatic rings. The van der Waals surface area contributed by atoms with E-state index in [1.165, 1.54) is 12.1 Å². The van der Waals surface area contributed by atoms with Crippen LogP contribution >= 0.6 is 0 Å². The number of anilines is 1. The second-order valence-electron chi connectivity index (χ2n) is 4.39. The number of nitrogens with zero attached hydrogens (tertiary/aromatic N) is 1. The standard InChI is InChI=1S/C14H10F3N3/c15-14(16,17)9-5-2-1-4-8(9)13-12-10(18)6-3-7-11(12)19-20-13/h1-7H,18H2,(H,19,20). The van der Waals surface area contributed by atoms with Gasteiger partial charge in [-0.15, -0.1) is 0 Å². The predicted molar refractivity (Wildman–Crippen MR) is 70.9 cm³/mol. The van der Waals surface area contributed by atoms with Crippen LogP contribution in [0.5, 0.6) is 0 Å². The number of alkyl halides is 3. The highest BCUT2D eigenvalue weighted by atomic mass is 19.4. The van der Waals surface area contributed by atoms with Crippen molar-refractivity contribution in [3.63, 3.8) is 0 Å². The van der Waals surface area contributed by atoms with Gasteiger partial charge in [0.25, 0.3) is 0 Å². The lowest BCUT2D eigenvalue weighted by molar-refractivity contribution is -0.137. The van der Waals surface area contributed by atoms with Crippen LogP contribution < -0.4 is 5.73 Å². The van der Waals surface area contributed by atoms with Crippen LogP contribution in [0.3, 0.4) is 0 Å². The van der Waals surface area contributed by atoms with Gasteiger partial charge in [-0.3, -0.25) is 5.10 Å². The van der Waals surface area contributed by atoms with Gasteiger partial charge in [0, 0.05) is 11.3 Å². The first kappa shape index (κ1) is 12.5. The summed E-state index contributed by atoms with van der Waals surface area (Å²) in [6.07, 6.45) is -4.44. The van der Waals surface area contributed by atoms with Crippen LogP contribution in [0.1, 0.15) is 5.56 Å². The molecular formula is C14H10F3N3. The van der Waals surface area contributed by atoms with Crippen molar-refractivity contribution in [1.82, 2.24) is 10.2 Å². The normalized spacial score (nSPS) is 11.9. The van der Waals surface area contributed by atoms with Crippen LogP contribution in [-0.2, 0) is 6.18 Å². The molecule has 3 rings (SSSR count). The van der Waals surface area contributed by atoms with Gasteiger partial charge >= 0.3 is 6.18 Å². The quantitative estimate of drug-likeness (QED) is 0.664. The molecule has 0 aliphatic carbocycles. The molecule has 0 bridgehead atoms. The fraction of sp³-hybridized carbons (Fsp3) is 0.0714. The fourth-order valence-electron chi connectivity index (χ4n) is 2.23. The van der Waals surface area contributed by atoms with Gasteiger partial charge in [-0.2, -0.15) is 18.3 Å². The highest BCUT2D eigenvalue weighted by molar-refractivity contribution is 6.01. The number of hydrogen-bond acceptors (Lipinski definition) is 2. The zero-order valence-corrected chi connectivity index (χ0v) is 10.2. The second-order valence-corrected chi connectivity index (χ2v) is 4.39. The van der Waals surface area contributed by atoms with Crippen molar-refractivity contribution in [2.45, 2.75) is 6.18 Å². The molecule has 0 amide bonds. The number of rotatable bonds is 1. The molecule has 3 aromatic rings. The molecule has 2 aromatic carbocycles. The Morgan fingerprint density at radius 1 is 1.00 bits per heavy atom. The molecule has 1 heterocycles. The molecule has 0 radical (unpaired) electrons. The average Bonchev–Trinajstić information content (AvgIpc) is 2.83. The number of fused-ring (bicyclic) bond motifs is 1. The summed E-state index contributed by atoms with van der Waals surface area (Å²) in [7, 11) is 0. The van der Waals surface area contributed by atoms with Gasteiger partial charge in [0.1, 0.15) is 5.69 Å². The molecule has 3 N–H and O–H groups in total. The first-order valence-electron chi connectivity index (χ1n) is 5.87. The van der Waals surface area contributed by atoms with Gasteiger partial charge in [0.05, 0.1) is 16.5 Å². The second kappa shape index (κ2) is 4.26. The maximum Gasteiger partial charge on any atom is 0.417 e. The minimum atomic E-state index is -4.44. The van der Waals surface area contributed by atoms with Crippen molar-refractivity contribution < 1.29 is 13.2 Å². The third kappa shape index (κ3) is 1.89. The Labute approximate surface area is 112 Å². The summed E-state index contributed by atoms with van der Waals surface area (Å²) in [5.74, 6) is 0. The van der Waals surface area contributed by atoms with Gasteiger partial charge < -0.3 is 5.73 Å². The van der Waals surface area contributed by atoms with Crippen LogP contribution in [0, 0.1) is 0 Å². The van der Waals surface area contributed by atoms with E-state index in [0.29, 0.717) is 16.6 Å². The molecule has 102 valence electrons. The highest BCUT2D eigenvalue weighted by Crippen LogP contribution is 2.39. The maximum atomic E-state index is 13.1. The topological polar surface area (TPSA) is 54.7 Å². The number of benzene rings is 2. The Morgan fingerprint density at radius 3 is 2.50 bits per heavy atom. The zero-order chi connectivity index (χ0) is 14.3. The van der Waals surface area contributed by atoms with Gasteiger partial charge in [-0.25, -0.2) is 0 Å². The summed E-state index contributed by atoms with van der Waals surface area (Å²) in [6.45, 7) is 0. The van der Waals surface area contributed by atoms with Crippen molar-refractivity contribution in [2.75, 3.05) is 5.73 Å². The van der Waals surface area contributed by atoms with Crippen molar-refractivity contribution in [2.24, 2.45) is 0 Å². The van der Waals surface area contributed by atoms with Crippen LogP contribution in [0.25, 0.3) is 22.2 Å². The van der Waals surface area contributed by atoms with E-state index in [-0.39, 0.29) is 11.3 Å². The van der Waals surface area contributed by atoms with Crippen molar-refractivity contribution in [3.8, 4) is 11.3 Å². The third-order valence-electron chi connectivity index (χ3n) is 3.11. The highest BCUT2D eigenvalue weighted by Gasteiger charge is 2.34. The largest absolute Gasteiger partial charge is 0.417 e. The van der Waals surface area contributed by atoms with Gasteiger partial charge in [-0.1, -0.05) is 24.3 Å². The smallest absolute Gasteiger partial charge is 0.398 e. The molecule has 1 aromatic heterocycles. The summed E-state index contributed by atoms with van der Waals surface area (Å²) in [5, 5.41) is 7.21. The minimum absolute atomic E-state index is 0.0177. The monoisotopic (exact) mass is 277 g/mol. The summed E-state index contributed by atoms with van der Waals surface area (Å²) in [4.78, 5) is 0. The average molecular weight is 277 g/mol. The van der Waals surface area contributed by atoms with Gasteiger partial charge in [0.2, 0.25) is 0 Å². The lowest BCUT2D eigenvalue weighted by Crippen LogP contribution is -2.07. The minimum Gasteiger partial charge on any atom is -0.398 e. The Kier molecular flexibility index (Phi) is 2.67. The summed E-state index contributed by atoms with van der Waals surface area (Å²) in [6, 6.07) is 10.4. The molecule has 20 heavy (non-hydrogen) atoms. The molecule has 0 saturated carbocycles. The molecule has 0 fully saturated rings. The van der Waals surface area contributed by atoms with Crippen LogP contribution in [-0.4, -0.2) is 10.2 Å². The van der Waals surface area contributed by atoms with E-state index in [9.17, 15) is 13.2 Å². The van der Waals surface area contributed by atoms with Gasteiger partial charge in [0.15, 0.2) is 0 Å². The fourth-order valence-corrected chi connectivity index (χ4v) is 2.23. The molecule has 3 nitrogen and oxygen atoms in total. The SMILES string of the molecule is Nc1cccc2[nH]nc(-c3ccccc3C(F)(F)F)c12. The number of aromatic nitrogens is 2. The van der Waals surface area contributed by atoms with Crippen molar-refractivity contribution in [3.05, 3.63) is 48.0 Å². The zero-order valence-electron chi connectivity index (χ0n) is 10.2.